The van der Waals surface area contributed by atoms with Gasteiger partial charge in [0.15, 0.2) is 9.84 Å². The van der Waals surface area contributed by atoms with Gasteiger partial charge >= 0.3 is 0 Å². The molecule has 0 spiro atoms. The summed E-state index contributed by atoms with van der Waals surface area (Å²) >= 11 is 5.54. The van der Waals surface area contributed by atoms with Crippen LogP contribution in [-0.2, 0) is 15.6 Å². The highest BCUT2D eigenvalue weighted by Crippen LogP contribution is 2.10. The number of hydrogen-bond donors (Lipinski definition) is 0. The van der Waals surface area contributed by atoms with Gasteiger partial charge in [-0.05, 0) is 24.5 Å². The summed E-state index contributed by atoms with van der Waals surface area (Å²) in [4.78, 5) is 4.12. The molecule has 2 heterocycles. The molecular formula is C12H15ClN2O2S. The van der Waals surface area contributed by atoms with Gasteiger partial charge in [0, 0.05) is 24.5 Å². The van der Waals surface area contributed by atoms with Gasteiger partial charge in [-0.3, -0.25) is 0 Å². The van der Waals surface area contributed by atoms with E-state index >= 15 is 0 Å². The molecule has 18 heavy (non-hydrogen) atoms. The molecule has 0 saturated heterocycles. The Labute approximate surface area is 112 Å². The molecule has 98 valence electrons. The molecule has 0 bridgehead atoms. The Bertz CT molecular complexity index is 622. The number of halogens is 1. The summed E-state index contributed by atoms with van der Waals surface area (Å²) in [6, 6.07) is 3.63. The van der Waals surface area contributed by atoms with Crippen LogP contribution in [-0.4, -0.2) is 29.4 Å². The van der Waals surface area contributed by atoms with Crippen LogP contribution in [0.5, 0.6) is 0 Å². The largest absolute Gasteiger partial charge is 0.307 e. The fourth-order valence-corrected chi connectivity index (χ4v) is 3.45. The van der Waals surface area contributed by atoms with E-state index in [1.54, 1.807) is 24.7 Å². The van der Waals surface area contributed by atoms with E-state index in [0.717, 1.165) is 17.6 Å². The zero-order chi connectivity index (χ0) is 13.0. The van der Waals surface area contributed by atoms with E-state index in [0.29, 0.717) is 12.3 Å². The first-order valence-electron chi connectivity index (χ1n) is 5.79. The van der Waals surface area contributed by atoms with Gasteiger partial charge in [-0.1, -0.05) is 6.07 Å². The lowest BCUT2D eigenvalue weighted by Gasteiger charge is -2.04. The highest BCUT2D eigenvalue weighted by molar-refractivity contribution is 7.90. The lowest BCUT2D eigenvalue weighted by atomic mass is 10.3. The number of fused-ring (bicyclic) bond motifs is 1. The van der Waals surface area contributed by atoms with Gasteiger partial charge in [0.05, 0.1) is 11.5 Å². The first-order chi connectivity index (χ1) is 8.61. The summed E-state index contributed by atoms with van der Waals surface area (Å²) in [5.74, 6) is 0.779. The van der Waals surface area contributed by atoms with Gasteiger partial charge < -0.3 is 4.40 Å². The molecule has 2 rings (SSSR count). The van der Waals surface area contributed by atoms with Gasteiger partial charge in [0.2, 0.25) is 0 Å². The maximum atomic E-state index is 11.9. The number of imidazole rings is 1. The average molecular weight is 287 g/mol. The topological polar surface area (TPSA) is 51.4 Å². The summed E-state index contributed by atoms with van der Waals surface area (Å²) < 4.78 is 25.6. The van der Waals surface area contributed by atoms with E-state index in [4.69, 9.17) is 11.6 Å². The van der Waals surface area contributed by atoms with Crippen molar-refractivity contribution in [1.29, 1.82) is 0 Å². The third kappa shape index (κ3) is 3.46. The van der Waals surface area contributed by atoms with Crippen molar-refractivity contribution in [3.63, 3.8) is 0 Å². The molecule has 6 heteroatoms. The fraction of sp³-hybridized carbons (Fsp3) is 0.417. The molecule has 4 nitrogen and oxygen atoms in total. The number of pyridine rings is 1. The highest BCUT2D eigenvalue weighted by atomic mass is 35.5. The minimum absolute atomic E-state index is 0.0728. The third-order valence-electron chi connectivity index (χ3n) is 2.68. The second-order valence-corrected chi connectivity index (χ2v) is 6.78. The minimum Gasteiger partial charge on any atom is -0.307 e. The van der Waals surface area contributed by atoms with Crippen LogP contribution in [0, 0.1) is 0 Å². The Morgan fingerprint density at radius 3 is 2.89 bits per heavy atom. The molecule has 0 aliphatic carbocycles. The summed E-state index contributed by atoms with van der Waals surface area (Å²) in [6.45, 7) is 0. The van der Waals surface area contributed by atoms with E-state index in [1.807, 2.05) is 10.5 Å². The molecule has 0 N–H and O–H groups in total. The van der Waals surface area contributed by atoms with Crippen molar-refractivity contribution in [2.75, 3.05) is 11.6 Å². The Kier molecular flexibility index (Phi) is 4.24. The molecule has 2 aromatic rings. The summed E-state index contributed by atoms with van der Waals surface area (Å²) in [6.07, 6.45) is 6.66. The van der Waals surface area contributed by atoms with Crippen LogP contribution >= 0.6 is 11.6 Å². The SMILES string of the molecule is O=S(=O)(CCCCCl)Cc1ccc2nccn2c1. The Morgan fingerprint density at radius 1 is 1.28 bits per heavy atom. The Hall–Kier alpha value is -1.07. The van der Waals surface area contributed by atoms with E-state index in [-0.39, 0.29) is 11.5 Å². The summed E-state index contributed by atoms with van der Waals surface area (Å²) in [7, 11) is -3.05. The first-order valence-corrected chi connectivity index (χ1v) is 8.14. The smallest absolute Gasteiger partial charge is 0.154 e. The second kappa shape index (κ2) is 5.71. The van der Waals surface area contributed by atoms with Crippen molar-refractivity contribution >= 4 is 27.1 Å². The van der Waals surface area contributed by atoms with Crippen molar-refractivity contribution in [2.24, 2.45) is 0 Å². The van der Waals surface area contributed by atoms with Crippen LogP contribution in [0.1, 0.15) is 18.4 Å². The third-order valence-corrected chi connectivity index (χ3v) is 4.63. The molecule has 0 amide bonds. The monoisotopic (exact) mass is 286 g/mol. The van der Waals surface area contributed by atoms with Crippen molar-refractivity contribution in [3.8, 4) is 0 Å². The number of rotatable bonds is 6. The zero-order valence-corrected chi connectivity index (χ0v) is 11.5. The molecule has 0 atom stereocenters. The van der Waals surface area contributed by atoms with Crippen molar-refractivity contribution in [1.82, 2.24) is 9.38 Å². The van der Waals surface area contributed by atoms with Crippen LogP contribution in [0.3, 0.4) is 0 Å². The van der Waals surface area contributed by atoms with Crippen LogP contribution in [0.4, 0.5) is 0 Å². The quantitative estimate of drug-likeness (QED) is 0.605. The van der Waals surface area contributed by atoms with Gasteiger partial charge in [-0.25, -0.2) is 13.4 Å². The van der Waals surface area contributed by atoms with Crippen LogP contribution in [0.2, 0.25) is 0 Å². The lowest BCUT2D eigenvalue weighted by Crippen LogP contribution is -2.10. The minimum atomic E-state index is -3.05. The van der Waals surface area contributed by atoms with Crippen molar-refractivity contribution in [3.05, 3.63) is 36.3 Å². The molecule has 0 radical (unpaired) electrons. The van der Waals surface area contributed by atoms with Gasteiger partial charge in [-0.15, -0.1) is 11.6 Å². The average Bonchev–Trinajstić information content (AvgIpc) is 2.75. The molecular weight excluding hydrogens is 272 g/mol. The van der Waals surface area contributed by atoms with Crippen LogP contribution in [0.25, 0.3) is 5.65 Å². The molecule has 2 aromatic heterocycles. The van der Waals surface area contributed by atoms with E-state index in [1.165, 1.54) is 0 Å². The maximum absolute atomic E-state index is 11.9. The first kappa shape index (κ1) is 13.4. The molecule has 0 aromatic carbocycles. The number of alkyl halides is 1. The van der Waals surface area contributed by atoms with Crippen molar-refractivity contribution < 1.29 is 8.42 Å². The normalized spacial score (nSPS) is 12.1. The Balaban J connectivity index is 2.07. The zero-order valence-electron chi connectivity index (χ0n) is 9.92. The predicted molar refractivity (Wildman–Crippen MR) is 72.6 cm³/mol. The van der Waals surface area contributed by atoms with Gasteiger partial charge in [-0.2, -0.15) is 0 Å². The van der Waals surface area contributed by atoms with Crippen LogP contribution in [0.15, 0.2) is 30.7 Å². The fourth-order valence-electron chi connectivity index (χ4n) is 1.79. The van der Waals surface area contributed by atoms with E-state index in [2.05, 4.69) is 4.98 Å². The summed E-state index contributed by atoms with van der Waals surface area (Å²) in [5, 5.41) is 0. The number of unbranched alkanes of at least 4 members (excludes halogenated alkanes) is 1. The molecule has 0 unspecified atom stereocenters. The predicted octanol–water partition coefficient (Wildman–Crippen LogP) is 2.27. The number of sulfone groups is 1. The van der Waals surface area contributed by atoms with Crippen molar-refractivity contribution in [2.45, 2.75) is 18.6 Å². The molecule has 0 saturated carbocycles. The van der Waals surface area contributed by atoms with E-state index in [9.17, 15) is 8.42 Å². The molecule has 0 fully saturated rings. The maximum Gasteiger partial charge on any atom is 0.154 e. The second-order valence-electron chi connectivity index (χ2n) is 4.22. The molecule has 0 aliphatic rings. The summed E-state index contributed by atoms with van der Waals surface area (Å²) in [5.41, 5.74) is 1.60. The number of hydrogen-bond acceptors (Lipinski definition) is 3. The highest BCUT2D eigenvalue weighted by Gasteiger charge is 2.12. The van der Waals surface area contributed by atoms with Gasteiger partial charge in [0.1, 0.15) is 5.65 Å². The lowest BCUT2D eigenvalue weighted by molar-refractivity contribution is 0.592. The molecule has 0 aliphatic heterocycles. The van der Waals surface area contributed by atoms with Crippen LogP contribution < -0.4 is 0 Å². The standard InChI is InChI=1S/C12H15ClN2O2S/c13-5-1-2-8-18(16,17)10-11-3-4-12-14-6-7-15(12)9-11/h3-4,6-7,9H,1-2,5,8,10H2. The Morgan fingerprint density at radius 2 is 2.11 bits per heavy atom. The van der Waals surface area contributed by atoms with Gasteiger partial charge in [0.25, 0.3) is 0 Å². The number of nitrogens with zero attached hydrogens (tertiary/aromatic N) is 2. The number of aromatic nitrogens is 2. The van der Waals surface area contributed by atoms with E-state index < -0.39 is 9.84 Å².